The highest BCUT2D eigenvalue weighted by atomic mass is 16.5. The van der Waals surface area contributed by atoms with E-state index in [4.69, 9.17) is 9.47 Å². The van der Waals surface area contributed by atoms with Gasteiger partial charge in [0.05, 0.1) is 25.3 Å². The normalized spacial score (nSPS) is 10.8. The average molecular weight is 430 g/mol. The van der Waals surface area contributed by atoms with Crippen LogP contribution in [0.25, 0.3) is 16.7 Å². The van der Waals surface area contributed by atoms with Gasteiger partial charge in [0.2, 0.25) is 0 Å². The van der Waals surface area contributed by atoms with Crippen molar-refractivity contribution in [3.63, 3.8) is 0 Å². The minimum Gasteiger partial charge on any atom is -0.493 e. The molecule has 0 aliphatic rings. The van der Waals surface area contributed by atoms with E-state index in [1.54, 1.807) is 19.1 Å². The predicted octanol–water partition coefficient (Wildman–Crippen LogP) is 4.75. The third-order valence-corrected chi connectivity index (χ3v) is 5.60. The lowest BCUT2D eigenvalue weighted by Gasteiger charge is -2.18. The Labute approximate surface area is 188 Å². The van der Waals surface area contributed by atoms with Gasteiger partial charge in [-0.15, -0.1) is 0 Å². The monoisotopic (exact) mass is 429 g/mol. The first-order valence-corrected chi connectivity index (χ1v) is 10.6. The molecule has 3 aromatic carbocycles. The molecule has 4 aromatic rings. The van der Waals surface area contributed by atoms with Crippen LogP contribution in [0.15, 0.2) is 73.1 Å². The minimum atomic E-state index is 0.0133. The van der Waals surface area contributed by atoms with Crippen molar-refractivity contribution >= 4 is 16.9 Å². The highest BCUT2D eigenvalue weighted by Crippen LogP contribution is 2.28. The molecule has 6 heteroatoms. The van der Waals surface area contributed by atoms with Crippen LogP contribution in [-0.2, 0) is 6.42 Å². The molecule has 0 aliphatic carbocycles. The highest BCUT2D eigenvalue weighted by Gasteiger charge is 2.13. The Kier molecular flexibility index (Phi) is 6.40. The van der Waals surface area contributed by atoms with E-state index in [2.05, 4.69) is 4.98 Å². The largest absolute Gasteiger partial charge is 0.493 e. The second-order valence-electron chi connectivity index (χ2n) is 7.67. The first kappa shape index (κ1) is 21.4. The molecule has 0 saturated carbocycles. The summed E-state index contributed by atoms with van der Waals surface area (Å²) >= 11 is 0. The Morgan fingerprint density at radius 1 is 0.969 bits per heavy atom. The van der Waals surface area contributed by atoms with E-state index >= 15 is 0 Å². The lowest BCUT2D eigenvalue weighted by atomic mass is 10.1. The molecule has 1 heterocycles. The number of hydrogen-bond donors (Lipinski definition) is 0. The maximum absolute atomic E-state index is 12.9. The molecule has 0 fully saturated rings. The Morgan fingerprint density at radius 2 is 1.72 bits per heavy atom. The van der Waals surface area contributed by atoms with Crippen molar-refractivity contribution in [2.45, 2.75) is 12.8 Å². The van der Waals surface area contributed by atoms with Crippen molar-refractivity contribution in [3.05, 3.63) is 84.2 Å². The summed E-state index contributed by atoms with van der Waals surface area (Å²) in [4.78, 5) is 19.1. The maximum Gasteiger partial charge on any atom is 0.253 e. The topological polar surface area (TPSA) is 56.6 Å². The summed E-state index contributed by atoms with van der Waals surface area (Å²) in [5.41, 5.74) is 4.79. The molecular formula is C26H27N3O3. The molecule has 164 valence electrons. The van der Waals surface area contributed by atoms with Crippen LogP contribution in [0.3, 0.4) is 0 Å². The van der Waals surface area contributed by atoms with Crippen LogP contribution in [0.5, 0.6) is 11.5 Å². The second-order valence-corrected chi connectivity index (χ2v) is 7.67. The summed E-state index contributed by atoms with van der Waals surface area (Å²) in [5.74, 6) is 1.45. The van der Waals surface area contributed by atoms with Gasteiger partial charge in [-0.3, -0.25) is 9.36 Å². The number of nitrogens with zero attached hydrogens (tertiary/aromatic N) is 3. The number of amides is 1. The van der Waals surface area contributed by atoms with E-state index in [9.17, 15) is 4.79 Å². The number of methoxy groups -OCH3 is 2. The Balaban J connectivity index is 1.37. The first-order valence-electron chi connectivity index (χ1n) is 10.6. The molecule has 0 radical (unpaired) electrons. The fourth-order valence-electron chi connectivity index (χ4n) is 3.81. The zero-order chi connectivity index (χ0) is 22.5. The Hall–Kier alpha value is -3.80. The first-order chi connectivity index (χ1) is 15.6. The summed E-state index contributed by atoms with van der Waals surface area (Å²) < 4.78 is 12.7. The van der Waals surface area contributed by atoms with E-state index in [0.717, 1.165) is 46.6 Å². The van der Waals surface area contributed by atoms with Crippen molar-refractivity contribution in [2.24, 2.45) is 0 Å². The van der Waals surface area contributed by atoms with Crippen LogP contribution in [0, 0.1) is 0 Å². The molecule has 0 spiro atoms. The van der Waals surface area contributed by atoms with Gasteiger partial charge in [0.25, 0.3) is 5.91 Å². The SMILES string of the molecule is COc1ccc(CCCN(C)C(=O)c2ccc(-n3cnc4ccccc43)cc2)cc1OC. The molecule has 0 N–H and O–H groups in total. The molecule has 6 nitrogen and oxygen atoms in total. The lowest BCUT2D eigenvalue weighted by molar-refractivity contribution is 0.0793. The maximum atomic E-state index is 12.9. The third-order valence-electron chi connectivity index (χ3n) is 5.60. The number of carbonyl (C=O) groups excluding carboxylic acids is 1. The molecule has 4 rings (SSSR count). The van der Waals surface area contributed by atoms with E-state index in [1.807, 2.05) is 84.7 Å². The number of ether oxygens (including phenoxy) is 2. The van der Waals surface area contributed by atoms with Crippen molar-refractivity contribution in [1.29, 1.82) is 0 Å². The van der Waals surface area contributed by atoms with Gasteiger partial charge in [0.15, 0.2) is 11.5 Å². The quantitative estimate of drug-likeness (QED) is 0.406. The predicted molar refractivity (Wildman–Crippen MR) is 126 cm³/mol. The highest BCUT2D eigenvalue weighted by molar-refractivity contribution is 5.94. The zero-order valence-electron chi connectivity index (χ0n) is 18.6. The Bertz CT molecular complexity index is 1210. The molecular weight excluding hydrogens is 402 g/mol. The van der Waals surface area contributed by atoms with Crippen molar-refractivity contribution in [2.75, 3.05) is 27.8 Å². The molecule has 0 saturated heterocycles. The fraction of sp³-hybridized carbons (Fsp3) is 0.231. The molecule has 0 bridgehead atoms. The van der Waals surface area contributed by atoms with Crippen LogP contribution in [0.1, 0.15) is 22.3 Å². The van der Waals surface area contributed by atoms with Gasteiger partial charge in [-0.05, 0) is 66.9 Å². The van der Waals surface area contributed by atoms with Crippen LogP contribution in [0.2, 0.25) is 0 Å². The van der Waals surface area contributed by atoms with E-state index < -0.39 is 0 Å². The van der Waals surface area contributed by atoms with Crippen LogP contribution < -0.4 is 9.47 Å². The number of aromatic nitrogens is 2. The molecule has 0 unspecified atom stereocenters. The van der Waals surface area contributed by atoms with E-state index in [-0.39, 0.29) is 5.91 Å². The smallest absolute Gasteiger partial charge is 0.253 e. The number of benzene rings is 3. The summed E-state index contributed by atoms with van der Waals surface area (Å²) in [5, 5.41) is 0. The lowest BCUT2D eigenvalue weighted by Crippen LogP contribution is -2.28. The molecule has 0 atom stereocenters. The van der Waals surface area contributed by atoms with Crippen LogP contribution in [0.4, 0.5) is 0 Å². The van der Waals surface area contributed by atoms with Gasteiger partial charge in [-0.1, -0.05) is 18.2 Å². The standard InChI is InChI=1S/C26H27N3O3/c1-28(16-6-7-19-10-15-24(31-2)25(17-19)32-3)26(30)20-11-13-21(14-12-20)29-18-27-22-8-4-5-9-23(22)29/h4-5,8-15,17-18H,6-7,16H2,1-3H3. The van der Waals surface area contributed by atoms with Crippen molar-refractivity contribution in [3.8, 4) is 17.2 Å². The molecule has 0 aliphatic heterocycles. The molecule has 32 heavy (non-hydrogen) atoms. The average Bonchev–Trinajstić information content (AvgIpc) is 3.27. The summed E-state index contributed by atoms with van der Waals surface area (Å²) in [6.07, 6.45) is 3.52. The summed E-state index contributed by atoms with van der Waals surface area (Å²) in [6.45, 7) is 0.668. The second kappa shape index (κ2) is 9.56. The van der Waals surface area contributed by atoms with Gasteiger partial charge in [-0.25, -0.2) is 4.98 Å². The van der Waals surface area contributed by atoms with E-state index in [1.165, 1.54) is 0 Å². The number of aryl methyl sites for hydroxylation is 1. The van der Waals surface area contributed by atoms with Gasteiger partial charge < -0.3 is 14.4 Å². The van der Waals surface area contributed by atoms with Crippen molar-refractivity contribution < 1.29 is 14.3 Å². The molecule has 1 amide bonds. The fourth-order valence-corrected chi connectivity index (χ4v) is 3.81. The van der Waals surface area contributed by atoms with Crippen LogP contribution in [-0.4, -0.2) is 48.2 Å². The number of rotatable bonds is 8. The van der Waals surface area contributed by atoms with Crippen LogP contribution >= 0.6 is 0 Å². The third kappa shape index (κ3) is 4.44. The van der Waals surface area contributed by atoms with Gasteiger partial charge in [-0.2, -0.15) is 0 Å². The van der Waals surface area contributed by atoms with E-state index in [0.29, 0.717) is 12.1 Å². The number of hydrogen-bond acceptors (Lipinski definition) is 4. The van der Waals surface area contributed by atoms with Gasteiger partial charge in [0.1, 0.15) is 6.33 Å². The summed E-state index contributed by atoms with van der Waals surface area (Å²) in [6, 6.07) is 21.6. The minimum absolute atomic E-state index is 0.0133. The van der Waals surface area contributed by atoms with Gasteiger partial charge >= 0.3 is 0 Å². The number of fused-ring (bicyclic) bond motifs is 1. The number of para-hydroxylation sites is 2. The van der Waals surface area contributed by atoms with Gasteiger partial charge in [0, 0.05) is 24.8 Å². The number of imidazole rings is 1. The zero-order valence-corrected chi connectivity index (χ0v) is 18.6. The molecule has 1 aromatic heterocycles. The van der Waals surface area contributed by atoms with Crippen molar-refractivity contribution in [1.82, 2.24) is 14.5 Å². The number of carbonyl (C=O) groups is 1. The summed E-state index contributed by atoms with van der Waals surface area (Å²) in [7, 11) is 5.10. The Morgan fingerprint density at radius 3 is 2.47 bits per heavy atom.